The molecule has 2 N–H and O–H groups in total. The van der Waals surface area contributed by atoms with Crippen molar-refractivity contribution in [3.63, 3.8) is 0 Å². The summed E-state index contributed by atoms with van der Waals surface area (Å²) in [7, 11) is -3.76. The highest BCUT2D eigenvalue weighted by Crippen LogP contribution is 2.30. The Bertz CT molecular complexity index is 684. The van der Waals surface area contributed by atoms with Crippen molar-refractivity contribution in [1.82, 2.24) is 0 Å². The number of anilines is 1. The highest BCUT2D eigenvalue weighted by molar-refractivity contribution is 9.10. The molecule has 18 heavy (non-hydrogen) atoms. The van der Waals surface area contributed by atoms with Crippen LogP contribution in [-0.4, -0.2) is 13.5 Å². The minimum absolute atomic E-state index is 0.0469. The number of hydrogen-bond donors (Lipinski definition) is 2. The standard InChI is InChI=1S/C10H7BrFNO3S2/c11-7-3-4-17-10(7)18(15,16)13-6-1-2-9(14)8(12)5-6/h1-5,13-14H. The van der Waals surface area contributed by atoms with Gasteiger partial charge in [0.15, 0.2) is 15.8 Å². The summed E-state index contributed by atoms with van der Waals surface area (Å²) in [5.74, 6) is -1.42. The average molecular weight is 352 g/mol. The van der Waals surface area contributed by atoms with E-state index in [0.29, 0.717) is 4.47 Å². The van der Waals surface area contributed by atoms with Crippen LogP contribution in [0.25, 0.3) is 0 Å². The van der Waals surface area contributed by atoms with Gasteiger partial charge in [-0.3, -0.25) is 4.72 Å². The van der Waals surface area contributed by atoms with Gasteiger partial charge in [-0.25, -0.2) is 12.8 Å². The summed E-state index contributed by atoms with van der Waals surface area (Å²) in [6.45, 7) is 0. The van der Waals surface area contributed by atoms with Gasteiger partial charge in [-0.05, 0) is 39.5 Å². The number of benzene rings is 1. The molecule has 0 aliphatic rings. The van der Waals surface area contributed by atoms with Crippen LogP contribution in [0.3, 0.4) is 0 Å². The van der Waals surface area contributed by atoms with Crippen molar-refractivity contribution in [1.29, 1.82) is 0 Å². The lowest BCUT2D eigenvalue weighted by Gasteiger charge is -2.07. The Morgan fingerprint density at radius 2 is 2.06 bits per heavy atom. The Morgan fingerprint density at radius 1 is 1.33 bits per heavy atom. The molecule has 1 aromatic carbocycles. The summed E-state index contributed by atoms with van der Waals surface area (Å²) in [4.78, 5) is 0. The zero-order chi connectivity index (χ0) is 13.3. The molecule has 0 saturated carbocycles. The van der Waals surface area contributed by atoms with Gasteiger partial charge in [-0.1, -0.05) is 0 Å². The summed E-state index contributed by atoms with van der Waals surface area (Å²) in [6, 6.07) is 4.87. The van der Waals surface area contributed by atoms with Gasteiger partial charge in [0.2, 0.25) is 0 Å². The lowest BCUT2D eigenvalue weighted by molar-refractivity contribution is 0.432. The van der Waals surface area contributed by atoms with Crippen LogP contribution < -0.4 is 4.72 Å². The van der Waals surface area contributed by atoms with Crippen molar-refractivity contribution in [2.24, 2.45) is 0 Å². The Balaban J connectivity index is 2.34. The molecule has 0 aliphatic carbocycles. The van der Waals surface area contributed by atoms with Gasteiger partial charge in [0.1, 0.15) is 0 Å². The first-order chi connectivity index (χ1) is 8.40. The fourth-order valence-corrected chi connectivity index (χ4v) is 4.63. The molecule has 4 nitrogen and oxygen atoms in total. The topological polar surface area (TPSA) is 66.4 Å². The number of sulfonamides is 1. The van der Waals surface area contributed by atoms with Crippen LogP contribution >= 0.6 is 27.3 Å². The van der Waals surface area contributed by atoms with E-state index in [4.69, 9.17) is 5.11 Å². The van der Waals surface area contributed by atoms with Crippen molar-refractivity contribution < 1.29 is 17.9 Å². The van der Waals surface area contributed by atoms with Crippen LogP contribution in [0.15, 0.2) is 38.3 Å². The maximum absolute atomic E-state index is 13.1. The molecule has 0 fully saturated rings. The molecule has 1 aromatic heterocycles. The monoisotopic (exact) mass is 351 g/mol. The second-order valence-electron chi connectivity index (χ2n) is 3.33. The number of phenols is 1. The molecule has 0 aliphatic heterocycles. The van der Waals surface area contributed by atoms with E-state index < -0.39 is 21.6 Å². The molecule has 2 aromatic rings. The summed E-state index contributed by atoms with van der Waals surface area (Å²) in [5.41, 5.74) is 0.0469. The Labute approximate surface area is 115 Å². The summed E-state index contributed by atoms with van der Waals surface area (Å²) >= 11 is 4.16. The first-order valence-electron chi connectivity index (χ1n) is 4.64. The summed E-state index contributed by atoms with van der Waals surface area (Å²) in [6.07, 6.45) is 0. The van der Waals surface area contributed by atoms with Crippen molar-refractivity contribution in [2.75, 3.05) is 4.72 Å². The number of thiophene rings is 1. The van der Waals surface area contributed by atoms with E-state index >= 15 is 0 Å². The molecule has 0 atom stereocenters. The predicted octanol–water partition coefficient (Wildman–Crippen LogP) is 3.16. The molecule has 96 valence electrons. The van der Waals surface area contributed by atoms with Crippen molar-refractivity contribution in [3.8, 4) is 5.75 Å². The first-order valence-corrected chi connectivity index (χ1v) is 7.80. The van der Waals surface area contributed by atoms with Gasteiger partial charge >= 0.3 is 0 Å². The number of halogens is 2. The van der Waals surface area contributed by atoms with E-state index in [1.54, 1.807) is 11.4 Å². The molecule has 0 amide bonds. The highest BCUT2D eigenvalue weighted by atomic mass is 79.9. The third-order valence-electron chi connectivity index (χ3n) is 2.03. The van der Waals surface area contributed by atoms with E-state index in [-0.39, 0.29) is 9.90 Å². The summed E-state index contributed by atoms with van der Waals surface area (Å²) < 4.78 is 39.8. The van der Waals surface area contributed by atoms with Gasteiger partial charge in [0.05, 0.1) is 5.69 Å². The maximum Gasteiger partial charge on any atom is 0.272 e. The largest absolute Gasteiger partial charge is 0.505 e. The van der Waals surface area contributed by atoms with Gasteiger partial charge < -0.3 is 5.11 Å². The number of nitrogens with one attached hydrogen (secondary N) is 1. The van der Waals surface area contributed by atoms with E-state index in [1.165, 1.54) is 6.07 Å². The normalized spacial score (nSPS) is 11.4. The molecule has 1 heterocycles. The van der Waals surface area contributed by atoms with Gasteiger partial charge in [-0.2, -0.15) is 0 Å². The fraction of sp³-hybridized carbons (Fsp3) is 0. The SMILES string of the molecule is O=S(=O)(Nc1ccc(O)c(F)c1)c1sccc1Br. The molecule has 0 unspecified atom stereocenters. The molecule has 0 bridgehead atoms. The van der Waals surface area contributed by atoms with Crippen molar-refractivity contribution >= 4 is 43.0 Å². The second-order valence-corrected chi connectivity index (χ2v) is 6.98. The van der Waals surface area contributed by atoms with Crippen LogP contribution in [0.4, 0.5) is 10.1 Å². The van der Waals surface area contributed by atoms with Crippen molar-refractivity contribution in [3.05, 3.63) is 39.9 Å². The zero-order valence-corrected chi connectivity index (χ0v) is 11.9. The number of rotatable bonds is 3. The molecule has 0 saturated heterocycles. The van der Waals surface area contributed by atoms with E-state index in [0.717, 1.165) is 23.5 Å². The van der Waals surface area contributed by atoms with Crippen LogP contribution in [0.2, 0.25) is 0 Å². The number of phenolic OH excluding ortho intramolecular Hbond substituents is 1. The number of hydrogen-bond acceptors (Lipinski definition) is 4. The molecular formula is C10H7BrFNO3S2. The smallest absolute Gasteiger partial charge is 0.272 e. The Hall–Kier alpha value is -1.12. The minimum Gasteiger partial charge on any atom is -0.505 e. The quantitative estimate of drug-likeness (QED) is 0.834. The van der Waals surface area contributed by atoms with Crippen LogP contribution in [-0.2, 0) is 10.0 Å². The maximum atomic E-state index is 13.1. The van der Waals surface area contributed by atoms with Crippen LogP contribution in [0.5, 0.6) is 5.75 Å². The van der Waals surface area contributed by atoms with Gasteiger partial charge in [0.25, 0.3) is 10.0 Å². The molecule has 2 rings (SSSR count). The van der Waals surface area contributed by atoms with E-state index in [1.807, 2.05) is 0 Å². The zero-order valence-electron chi connectivity index (χ0n) is 8.72. The minimum atomic E-state index is -3.76. The molecule has 0 spiro atoms. The highest BCUT2D eigenvalue weighted by Gasteiger charge is 2.19. The lowest BCUT2D eigenvalue weighted by atomic mass is 10.3. The average Bonchev–Trinajstić information content (AvgIpc) is 2.70. The van der Waals surface area contributed by atoms with Gasteiger partial charge in [0, 0.05) is 10.5 Å². The third-order valence-corrected chi connectivity index (χ3v) is 6.08. The molecule has 8 heteroatoms. The van der Waals surface area contributed by atoms with E-state index in [9.17, 15) is 12.8 Å². The summed E-state index contributed by atoms with van der Waals surface area (Å²) in [5, 5.41) is 10.6. The van der Waals surface area contributed by atoms with Gasteiger partial charge in [-0.15, -0.1) is 11.3 Å². The van der Waals surface area contributed by atoms with Crippen molar-refractivity contribution in [2.45, 2.75) is 4.21 Å². The predicted molar refractivity (Wildman–Crippen MR) is 70.9 cm³/mol. The third kappa shape index (κ3) is 2.65. The molecule has 0 radical (unpaired) electrons. The number of aromatic hydroxyl groups is 1. The molecular weight excluding hydrogens is 345 g/mol. The Morgan fingerprint density at radius 3 is 2.61 bits per heavy atom. The van der Waals surface area contributed by atoms with Crippen LogP contribution in [0.1, 0.15) is 0 Å². The second kappa shape index (κ2) is 4.87. The lowest BCUT2D eigenvalue weighted by Crippen LogP contribution is -2.12. The first kappa shape index (κ1) is 13.3. The van der Waals surface area contributed by atoms with E-state index in [2.05, 4.69) is 20.7 Å². The Kier molecular flexibility index (Phi) is 3.60. The fourth-order valence-electron chi connectivity index (χ4n) is 1.24. The van der Waals surface area contributed by atoms with Crippen LogP contribution in [0, 0.1) is 5.82 Å².